The number of ether oxygens (including phenoxy) is 2. The molecule has 0 amide bonds. The van der Waals surface area contributed by atoms with Crippen LogP contribution in [0.2, 0.25) is 5.02 Å². The molecule has 4 nitrogen and oxygen atoms in total. The van der Waals surface area contributed by atoms with E-state index in [1.165, 1.54) is 0 Å². The highest BCUT2D eigenvalue weighted by atomic mass is 35.5. The quantitative estimate of drug-likeness (QED) is 0.518. The van der Waals surface area contributed by atoms with Crippen LogP contribution in [0.4, 0.5) is 0 Å². The van der Waals surface area contributed by atoms with Crippen molar-refractivity contribution in [2.45, 2.75) is 65.4 Å². The fourth-order valence-corrected chi connectivity index (χ4v) is 2.68. The second kappa shape index (κ2) is 11.9. The Bertz CT molecular complexity index is 542. The highest BCUT2D eigenvalue weighted by Gasteiger charge is 2.17. The highest BCUT2D eigenvalue weighted by Crippen LogP contribution is 2.15. The minimum atomic E-state index is -0.288. The summed E-state index contributed by atoms with van der Waals surface area (Å²) in [6.45, 7) is 6.48. The van der Waals surface area contributed by atoms with Crippen LogP contribution in [0, 0.1) is 5.92 Å². The van der Waals surface area contributed by atoms with Gasteiger partial charge in [-0.25, -0.2) is 0 Å². The Morgan fingerprint density at radius 1 is 1.16 bits per heavy atom. The van der Waals surface area contributed by atoms with Crippen LogP contribution in [0.5, 0.6) is 0 Å². The number of carbonyl (C=O) groups excluding carboxylic acids is 2. The Morgan fingerprint density at radius 3 is 2.52 bits per heavy atom. The van der Waals surface area contributed by atoms with Crippen LogP contribution in [-0.2, 0) is 25.5 Å². The third-order valence-corrected chi connectivity index (χ3v) is 4.14. The fourth-order valence-electron chi connectivity index (χ4n) is 2.47. The van der Waals surface area contributed by atoms with E-state index in [9.17, 15) is 9.59 Å². The van der Waals surface area contributed by atoms with Crippen molar-refractivity contribution in [3.05, 3.63) is 34.9 Å². The van der Waals surface area contributed by atoms with Crippen molar-refractivity contribution < 1.29 is 19.1 Å². The summed E-state index contributed by atoms with van der Waals surface area (Å²) in [5.41, 5.74) is 1.03. The van der Waals surface area contributed by atoms with Crippen LogP contribution < -0.4 is 0 Å². The number of hydrogen-bond acceptors (Lipinski definition) is 4. The van der Waals surface area contributed by atoms with Crippen LogP contribution in [-0.4, -0.2) is 24.6 Å². The number of esters is 2. The predicted molar refractivity (Wildman–Crippen MR) is 99.6 cm³/mol. The maximum Gasteiger partial charge on any atom is 0.306 e. The van der Waals surface area contributed by atoms with Gasteiger partial charge in [-0.05, 0) is 36.5 Å². The lowest BCUT2D eigenvalue weighted by Crippen LogP contribution is -2.23. The summed E-state index contributed by atoms with van der Waals surface area (Å²) >= 11 is 5.91. The minimum absolute atomic E-state index is 0.0397. The molecule has 0 N–H and O–H groups in total. The van der Waals surface area contributed by atoms with Gasteiger partial charge in [0.25, 0.3) is 0 Å². The van der Waals surface area contributed by atoms with Crippen molar-refractivity contribution in [1.82, 2.24) is 0 Å². The summed E-state index contributed by atoms with van der Waals surface area (Å²) in [5, 5.41) is 0.671. The van der Waals surface area contributed by atoms with E-state index >= 15 is 0 Å². The van der Waals surface area contributed by atoms with Gasteiger partial charge >= 0.3 is 11.9 Å². The molecule has 1 aromatic rings. The lowest BCUT2D eigenvalue weighted by atomic mass is 10.0. The van der Waals surface area contributed by atoms with E-state index < -0.39 is 0 Å². The highest BCUT2D eigenvalue weighted by molar-refractivity contribution is 6.30. The van der Waals surface area contributed by atoms with E-state index in [1.54, 1.807) is 6.07 Å². The first kappa shape index (κ1) is 21.5. The molecule has 0 saturated heterocycles. The molecule has 0 aliphatic rings. The smallest absolute Gasteiger partial charge is 0.306 e. The van der Waals surface area contributed by atoms with Crippen molar-refractivity contribution in [1.29, 1.82) is 0 Å². The number of hydrogen-bond donors (Lipinski definition) is 0. The number of carbonyl (C=O) groups is 2. The summed E-state index contributed by atoms with van der Waals surface area (Å²) in [6, 6.07) is 7.47. The number of rotatable bonds is 11. The van der Waals surface area contributed by atoms with Gasteiger partial charge in [0.15, 0.2) is 0 Å². The summed E-state index contributed by atoms with van der Waals surface area (Å²) in [4.78, 5) is 23.6. The standard InChI is InChI=1S/C20H29ClO4/c1-4-7-18(15(2)3)25-20(23)11-6-10-19(22)24-13-12-16-8-5-9-17(21)14-16/h5,8-9,14-15,18H,4,6-7,10-13H2,1-3H3. The van der Waals surface area contributed by atoms with Gasteiger partial charge in [0, 0.05) is 24.3 Å². The molecule has 0 spiro atoms. The summed E-state index contributed by atoms with van der Waals surface area (Å²) < 4.78 is 10.7. The summed E-state index contributed by atoms with van der Waals surface area (Å²) in [5.74, 6) is -0.219. The van der Waals surface area contributed by atoms with Crippen molar-refractivity contribution in [3.63, 3.8) is 0 Å². The zero-order valence-electron chi connectivity index (χ0n) is 15.4. The molecular formula is C20H29ClO4. The molecule has 0 radical (unpaired) electrons. The maximum absolute atomic E-state index is 11.9. The Labute approximate surface area is 155 Å². The molecule has 1 rings (SSSR count). The van der Waals surface area contributed by atoms with Gasteiger partial charge < -0.3 is 9.47 Å². The largest absolute Gasteiger partial charge is 0.465 e. The van der Waals surface area contributed by atoms with Gasteiger partial charge in [-0.3, -0.25) is 9.59 Å². The second-order valence-corrected chi connectivity index (χ2v) is 6.95. The van der Waals surface area contributed by atoms with Crippen LogP contribution in [0.15, 0.2) is 24.3 Å². The van der Waals surface area contributed by atoms with E-state index in [0.717, 1.165) is 18.4 Å². The third kappa shape index (κ3) is 9.49. The molecule has 5 heteroatoms. The molecule has 0 heterocycles. The van der Waals surface area contributed by atoms with E-state index in [2.05, 4.69) is 6.92 Å². The molecule has 140 valence electrons. The predicted octanol–water partition coefficient (Wildman–Crippen LogP) is 4.96. The molecule has 0 fully saturated rings. The molecule has 1 atom stereocenters. The molecule has 1 unspecified atom stereocenters. The molecular weight excluding hydrogens is 340 g/mol. The average Bonchev–Trinajstić information content (AvgIpc) is 2.54. The SMILES string of the molecule is CCCC(OC(=O)CCCC(=O)OCCc1cccc(Cl)c1)C(C)C. The number of halogens is 1. The molecule has 0 aromatic heterocycles. The Kier molecular flexibility index (Phi) is 10.2. The molecule has 0 bridgehead atoms. The third-order valence-electron chi connectivity index (χ3n) is 3.90. The Morgan fingerprint density at radius 2 is 1.88 bits per heavy atom. The molecule has 0 saturated carbocycles. The van der Waals surface area contributed by atoms with Crippen LogP contribution >= 0.6 is 11.6 Å². The topological polar surface area (TPSA) is 52.6 Å². The van der Waals surface area contributed by atoms with Crippen LogP contribution in [0.3, 0.4) is 0 Å². The van der Waals surface area contributed by atoms with Gasteiger partial charge in [-0.15, -0.1) is 0 Å². The minimum Gasteiger partial charge on any atom is -0.465 e. The van der Waals surface area contributed by atoms with E-state index in [1.807, 2.05) is 32.0 Å². The average molecular weight is 369 g/mol. The fraction of sp³-hybridized carbons (Fsp3) is 0.600. The maximum atomic E-state index is 11.9. The first-order chi connectivity index (χ1) is 11.9. The van der Waals surface area contributed by atoms with E-state index in [4.69, 9.17) is 21.1 Å². The molecule has 1 aromatic carbocycles. The molecule has 25 heavy (non-hydrogen) atoms. The van der Waals surface area contributed by atoms with E-state index in [-0.39, 0.29) is 30.9 Å². The normalized spacial score (nSPS) is 12.0. The summed E-state index contributed by atoms with van der Waals surface area (Å²) in [7, 11) is 0. The first-order valence-electron chi connectivity index (χ1n) is 9.02. The first-order valence-corrected chi connectivity index (χ1v) is 9.39. The molecule has 0 aliphatic heterocycles. The van der Waals surface area contributed by atoms with Crippen molar-refractivity contribution in [2.24, 2.45) is 5.92 Å². The lowest BCUT2D eigenvalue weighted by Gasteiger charge is -2.20. The van der Waals surface area contributed by atoms with Gasteiger partial charge in [0.2, 0.25) is 0 Å². The second-order valence-electron chi connectivity index (χ2n) is 6.51. The summed E-state index contributed by atoms with van der Waals surface area (Å²) in [6.07, 6.45) is 3.36. The van der Waals surface area contributed by atoms with Gasteiger partial charge in [0.05, 0.1) is 6.61 Å². The zero-order chi connectivity index (χ0) is 18.7. The van der Waals surface area contributed by atoms with Crippen molar-refractivity contribution in [2.75, 3.05) is 6.61 Å². The number of benzene rings is 1. The van der Waals surface area contributed by atoms with Crippen LogP contribution in [0.1, 0.15) is 58.4 Å². The monoisotopic (exact) mass is 368 g/mol. The zero-order valence-corrected chi connectivity index (χ0v) is 16.2. The Balaban J connectivity index is 2.18. The Hall–Kier alpha value is -1.55. The van der Waals surface area contributed by atoms with Crippen molar-refractivity contribution in [3.8, 4) is 0 Å². The van der Waals surface area contributed by atoms with Gasteiger partial charge in [0.1, 0.15) is 6.10 Å². The van der Waals surface area contributed by atoms with E-state index in [0.29, 0.717) is 30.4 Å². The van der Waals surface area contributed by atoms with Gasteiger partial charge in [-0.2, -0.15) is 0 Å². The lowest BCUT2D eigenvalue weighted by molar-refractivity contribution is -0.152. The molecule has 0 aliphatic carbocycles. The van der Waals surface area contributed by atoms with Crippen LogP contribution in [0.25, 0.3) is 0 Å². The van der Waals surface area contributed by atoms with Crippen molar-refractivity contribution >= 4 is 23.5 Å². The van der Waals surface area contributed by atoms with Gasteiger partial charge in [-0.1, -0.05) is 50.9 Å².